The van der Waals surface area contributed by atoms with Gasteiger partial charge in [0.25, 0.3) is 0 Å². The van der Waals surface area contributed by atoms with Gasteiger partial charge in [0.15, 0.2) is 0 Å². The van der Waals surface area contributed by atoms with Crippen molar-refractivity contribution in [2.45, 2.75) is 32.3 Å². The number of aliphatic hydroxyl groups is 1. The molecule has 1 unspecified atom stereocenters. The van der Waals surface area contributed by atoms with Crippen LogP contribution in [0.4, 0.5) is 0 Å². The molecule has 1 aliphatic carbocycles. The van der Waals surface area contributed by atoms with Crippen molar-refractivity contribution in [3.63, 3.8) is 0 Å². The zero-order valence-electron chi connectivity index (χ0n) is 8.90. The Morgan fingerprint density at radius 3 is 2.33 bits per heavy atom. The van der Waals surface area contributed by atoms with E-state index in [1.54, 1.807) is 0 Å². The van der Waals surface area contributed by atoms with E-state index >= 15 is 0 Å². The monoisotopic (exact) mass is 201 g/mol. The van der Waals surface area contributed by atoms with Gasteiger partial charge in [-0.15, -0.1) is 0 Å². The molecule has 2 heteroatoms. The van der Waals surface area contributed by atoms with Crippen LogP contribution in [0, 0.1) is 23.7 Å². The molecule has 0 heterocycles. The van der Waals surface area contributed by atoms with E-state index in [2.05, 4.69) is 6.07 Å². The number of nitriles is 1. The summed E-state index contributed by atoms with van der Waals surface area (Å²) in [5.74, 6) is 0. The van der Waals surface area contributed by atoms with Gasteiger partial charge in [-0.05, 0) is 25.3 Å². The summed E-state index contributed by atoms with van der Waals surface area (Å²) in [5, 5.41) is 19.3. The molecule has 15 heavy (non-hydrogen) atoms. The molecule has 0 bridgehead atoms. The number of rotatable bonds is 2. The molecule has 1 aromatic rings. The maximum atomic E-state index is 10.2. The highest BCUT2D eigenvalue weighted by atomic mass is 16.3. The molecule has 0 saturated heterocycles. The van der Waals surface area contributed by atoms with Crippen molar-refractivity contribution < 1.29 is 5.11 Å². The average Bonchev–Trinajstić information content (AvgIpc) is 2.18. The SMILES string of the molecule is Cc1ccc(C(O)C2(C#N)CCC2)cc1. The van der Waals surface area contributed by atoms with Gasteiger partial charge in [0.05, 0.1) is 17.6 Å². The molecule has 0 radical (unpaired) electrons. The van der Waals surface area contributed by atoms with Gasteiger partial charge < -0.3 is 5.11 Å². The minimum Gasteiger partial charge on any atom is -0.387 e. The Hall–Kier alpha value is -1.33. The van der Waals surface area contributed by atoms with Crippen molar-refractivity contribution >= 4 is 0 Å². The lowest BCUT2D eigenvalue weighted by molar-refractivity contribution is 0.00795. The maximum absolute atomic E-state index is 10.2. The normalized spacial score (nSPS) is 20.1. The Kier molecular flexibility index (Phi) is 2.50. The lowest BCUT2D eigenvalue weighted by Gasteiger charge is -2.39. The third-order valence-corrected chi connectivity index (χ3v) is 3.38. The summed E-state index contributed by atoms with van der Waals surface area (Å²) in [4.78, 5) is 0. The number of aliphatic hydroxyl groups excluding tert-OH is 1. The number of hydrogen-bond acceptors (Lipinski definition) is 2. The Bertz CT molecular complexity index is 384. The number of aryl methyl sites for hydroxylation is 1. The van der Waals surface area contributed by atoms with Crippen molar-refractivity contribution in [2.24, 2.45) is 5.41 Å². The van der Waals surface area contributed by atoms with Crippen LogP contribution in [0.2, 0.25) is 0 Å². The van der Waals surface area contributed by atoms with Crippen molar-refractivity contribution in [3.8, 4) is 6.07 Å². The maximum Gasteiger partial charge on any atom is 0.0976 e. The highest BCUT2D eigenvalue weighted by molar-refractivity contribution is 5.27. The molecule has 1 aliphatic rings. The first kappa shape index (κ1) is 10.2. The molecule has 1 atom stereocenters. The fourth-order valence-electron chi connectivity index (χ4n) is 2.07. The molecule has 78 valence electrons. The molecular weight excluding hydrogens is 186 g/mol. The second kappa shape index (κ2) is 3.67. The molecule has 2 nitrogen and oxygen atoms in total. The fourth-order valence-corrected chi connectivity index (χ4v) is 2.07. The zero-order chi connectivity index (χ0) is 10.9. The second-order valence-corrected chi connectivity index (χ2v) is 4.43. The number of nitrogens with zero attached hydrogens (tertiary/aromatic N) is 1. The second-order valence-electron chi connectivity index (χ2n) is 4.43. The van der Waals surface area contributed by atoms with Gasteiger partial charge in [0.1, 0.15) is 0 Å². The van der Waals surface area contributed by atoms with E-state index in [0.717, 1.165) is 24.8 Å². The van der Waals surface area contributed by atoms with Crippen LogP contribution in [0.3, 0.4) is 0 Å². The molecule has 1 aromatic carbocycles. The summed E-state index contributed by atoms with van der Waals surface area (Å²) in [5.41, 5.74) is 1.52. The lowest BCUT2D eigenvalue weighted by Crippen LogP contribution is -2.34. The van der Waals surface area contributed by atoms with Crippen molar-refractivity contribution in [1.29, 1.82) is 5.26 Å². The highest BCUT2D eigenvalue weighted by Gasteiger charge is 2.44. The van der Waals surface area contributed by atoms with E-state index in [0.29, 0.717) is 0 Å². The van der Waals surface area contributed by atoms with Crippen molar-refractivity contribution in [3.05, 3.63) is 35.4 Å². The first-order chi connectivity index (χ1) is 7.18. The summed E-state index contributed by atoms with van der Waals surface area (Å²) >= 11 is 0. The molecule has 0 aliphatic heterocycles. The molecule has 1 N–H and O–H groups in total. The minimum absolute atomic E-state index is 0.519. The molecule has 2 rings (SSSR count). The molecule has 0 spiro atoms. The van der Waals surface area contributed by atoms with Crippen LogP contribution >= 0.6 is 0 Å². The van der Waals surface area contributed by atoms with Crippen molar-refractivity contribution in [1.82, 2.24) is 0 Å². The smallest absolute Gasteiger partial charge is 0.0976 e. The highest BCUT2D eigenvalue weighted by Crippen LogP contribution is 2.49. The Morgan fingerprint density at radius 1 is 1.33 bits per heavy atom. The van der Waals surface area contributed by atoms with E-state index in [9.17, 15) is 5.11 Å². The van der Waals surface area contributed by atoms with Crippen LogP contribution < -0.4 is 0 Å². The molecule has 0 amide bonds. The van der Waals surface area contributed by atoms with Crippen LogP contribution in [0.5, 0.6) is 0 Å². The minimum atomic E-state index is -0.628. The van der Waals surface area contributed by atoms with Crippen LogP contribution in [0.1, 0.15) is 36.5 Å². The molecular formula is C13H15NO. The zero-order valence-corrected chi connectivity index (χ0v) is 8.90. The Labute approximate surface area is 90.2 Å². The summed E-state index contributed by atoms with van der Waals surface area (Å²) in [7, 11) is 0. The third kappa shape index (κ3) is 1.64. The third-order valence-electron chi connectivity index (χ3n) is 3.38. The summed E-state index contributed by atoms with van der Waals surface area (Å²) in [6.07, 6.45) is 2.06. The fraction of sp³-hybridized carbons (Fsp3) is 0.462. The first-order valence-corrected chi connectivity index (χ1v) is 5.34. The molecule has 1 fully saturated rings. The largest absolute Gasteiger partial charge is 0.387 e. The number of benzene rings is 1. The Balaban J connectivity index is 2.24. The molecule has 0 aromatic heterocycles. The summed E-state index contributed by atoms with van der Waals surface area (Å²) in [6.45, 7) is 2.01. The van der Waals surface area contributed by atoms with E-state index in [1.807, 2.05) is 31.2 Å². The average molecular weight is 201 g/mol. The van der Waals surface area contributed by atoms with Gasteiger partial charge in [-0.3, -0.25) is 0 Å². The predicted octanol–water partition coefficient (Wildman–Crippen LogP) is 2.72. The van der Waals surface area contributed by atoms with Crippen LogP contribution in [-0.4, -0.2) is 5.11 Å². The van der Waals surface area contributed by atoms with Crippen molar-refractivity contribution in [2.75, 3.05) is 0 Å². The van der Waals surface area contributed by atoms with Gasteiger partial charge in [0.2, 0.25) is 0 Å². The quantitative estimate of drug-likeness (QED) is 0.799. The van der Waals surface area contributed by atoms with Gasteiger partial charge in [0, 0.05) is 0 Å². The van der Waals surface area contributed by atoms with Gasteiger partial charge in [-0.1, -0.05) is 36.2 Å². The van der Waals surface area contributed by atoms with E-state index < -0.39 is 11.5 Å². The topological polar surface area (TPSA) is 44.0 Å². The van der Waals surface area contributed by atoms with E-state index in [-0.39, 0.29) is 0 Å². The summed E-state index contributed by atoms with van der Waals surface area (Å²) in [6, 6.07) is 10.1. The van der Waals surface area contributed by atoms with Gasteiger partial charge in [-0.2, -0.15) is 5.26 Å². The first-order valence-electron chi connectivity index (χ1n) is 5.34. The number of hydrogen-bond donors (Lipinski definition) is 1. The lowest BCUT2D eigenvalue weighted by atomic mass is 9.64. The van der Waals surface area contributed by atoms with Crippen LogP contribution in [0.25, 0.3) is 0 Å². The summed E-state index contributed by atoms with van der Waals surface area (Å²) < 4.78 is 0. The predicted molar refractivity (Wildman–Crippen MR) is 58.0 cm³/mol. The van der Waals surface area contributed by atoms with Crippen LogP contribution in [0.15, 0.2) is 24.3 Å². The van der Waals surface area contributed by atoms with E-state index in [4.69, 9.17) is 5.26 Å². The van der Waals surface area contributed by atoms with Gasteiger partial charge in [-0.25, -0.2) is 0 Å². The van der Waals surface area contributed by atoms with Gasteiger partial charge >= 0.3 is 0 Å². The molecule has 1 saturated carbocycles. The van der Waals surface area contributed by atoms with Crippen LogP contribution in [-0.2, 0) is 0 Å². The standard InChI is InChI=1S/C13H15NO/c1-10-3-5-11(6-4-10)12(15)13(9-14)7-2-8-13/h3-6,12,15H,2,7-8H2,1H3. The Morgan fingerprint density at radius 2 is 1.93 bits per heavy atom. The van der Waals surface area contributed by atoms with E-state index in [1.165, 1.54) is 5.56 Å².